The molecule has 0 saturated heterocycles. The number of hydrogen-bond donors (Lipinski definition) is 2. The molecule has 2 unspecified atom stereocenters. The van der Waals surface area contributed by atoms with Crippen molar-refractivity contribution < 1.29 is 8.42 Å². The molecule has 0 radical (unpaired) electrons. The van der Waals surface area contributed by atoms with E-state index in [0.717, 1.165) is 24.8 Å². The van der Waals surface area contributed by atoms with Crippen LogP contribution in [0.4, 0.5) is 5.69 Å². The summed E-state index contributed by atoms with van der Waals surface area (Å²) in [5, 5.41) is 0.561. The van der Waals surface area contributed by atoms with Crippen LogP contribution in [0.5, 0.6) is 0 Å². The third-order valence-electron chi connectivity index (χ3n) is 3.87. The second-order valence-electron chi connectivity index (χ2n) is 5.47. The largest absolute Gasteiger partial charge is 0.398 e. The maximum atomic E-state index is 12.5. The predicted octanol–water partition coefficient (Wildman–Crippen LogP) is 2.45. The van der Waals surface area contributed by atoms with Crippen molar-refractivity contribution in [2.45, 2.75) is 49.3 Å². The molecule has 2 atom stereocenters. The number of hydrogen-bond acceptors (Lipinski definition) is 4. The van der Waals surface area contributed by atoms with E-state index in [1.54, 1.807) is 19.1 Å². The van der Waals surface area contributed by atoms with Gasteiger partial charge in [-0.1, -0.05) is 0 Å². The Bertz CT molecular complexity index is 599. The minimum absolute atomic E-state index is 0.0404. The number of aryl methyl sites for hydroxylation is 1. The van der Waals surface area contributed by atoms with Gasteiger partial charge in [0.1, 0.15) is 0 Å². The number of nitrogen functional groups attached to an aromatic ring is 1. The highest BCUT2D eigenvalue weighted by Crippen LogP contribution is 2.30. The first-order chi connectivity index (χ1) is 9.33. The van der Waals surface area contributed by atoms with Crippen LogP contribution in [0.3, 0.4) is 0 Å². The van der Waals surface area contributed by atoms with Gasteiger partial charge in [-0.3, -0.25) is 0 Å². The van der Waals surface area contributed by atoms with Crippen LogP contribution < -0.4 is 10.5 Å². The Morgan fingerprint density at radius 1 is 1.30 bits per heavy atom. The van der Waals surface area contributed by atoms with Crippen molar-refractivity contribution in [2.75, 3.05) is 12.0 Å². The zero-order chi connectivity index (χ0) is 14.9. The lowest BCUT2D eigenvalue weighted by Crippen LogP contribution is -2.33. The lowest BCUT2D eigenvalue weighted by Gasteiger charge is -2.16. The van der Waals surface area contributed by atoms with Gasteiger partial charge in [0.25, 0.3) is 0 Å². The van der Waals surface area contributed by atoms with E-state index in [9.17, 15) is 8.42 Å². The molecule has 3 N–H and O–H groups in total. The fraction of sp³-hybridized carbons (Fsp3) is 0.571. The topological polar surface area (TPSA) is 72.2 Å². The van der Waals surface area contributed by atoms with Gasteiger partial charge in [0.15, 0.2) is 0 Å². The quantitative estimate of drug-likeness (QED) is 0.837. The molecule has 20 heavy (non-hydrogen) atoms. The molecule has 0 heterocycles. The monoisotopic (exact) mass is 314 g/mol. The summed E-state index contributed by atoms with van der Waals surface area (Å²) in [6.07, 6.45) is 4.96. The molecule has 1 saturated carbocycles. The first kappa shape index (κ1) is 15.7. The Morgan fingerprint density at radius 3 is 2.60 bits per heavy atom. The van der Waals surface area contributed by atoms with Gasteiger partial charge in [0, 0.05) is 17.0 Å². The lowest BCUT2D eigenvalue weighted by molar-refractivity contribution is 0.552. The summed E-state index contributed by atoms with van der Waals surface area (Å²) in [5.41, 5.74) is 7.89. The fourth-order valence-electron chi connectivity index (χ4n) is 2.68. The van der Waals surface area contributed by atoms with Gasteiger partial charge in [-0.25, -0.2) is 13.1 Å². The van der Waals surface area contributed by atoms with Crippen molar-refractivity contribution in [1.29, 1.82) is 0 Å². The fourth-order valence-corrected chi connectivity index (χ4v) is 5.11. The van der Waals surface area contributed by atoms with Crippen LogP contribution in [-0.4, -0.2) is 26.0 Å². The maximum Gasteiger partial charge on any atom is 0.241 e. The first-order valence-corrected chi connectivity index (χ1v) is 9.52. The number of nitrogens with one attached hydrogen (secondary N) is 1. The average molecular weight is 314 g/mol. The normalized spacial score (nSPS) is 23.1. The maximum absolute atomic E-state index is 12.5. The molecule has 1 aromatic rings. The Balaban J connectivity index is 2.23. The molecule has 1 aliphatic carbocycles. The van der Waals surface area contributed by atoms with E-state index in [-0.39, 0.29) is 6.04 Å². The number of thioether (sulfide) groups is 1. The van der Waals surface area contributed by atoms with Gasteiger partial charge >= 0.3 is 0 Å². The third kappa shape index (κ3) is 3.30. The summed E-state index contributed by atoms with van der Waals surface area (Å²) in [5.74, 6) is 0. The van der Waals surface area contributed by atoms with E-state index in [4.69, 9.17) is 5.73 Å². The van der Waals surface area contributed by atoms with Crippen molar-refractivity contribution in [1.82, 2.24) is 4.72 Å². The Kier molecular flexibility index (Phi) is 4.66. The van der Waals surface area contributed by atoms with E-state index in [2.05, 4.69) is 11.0 Å². The van der Waals surface area contributed by atoms with Gasteiger partial charge in [0.2, 0.25) is 10.0 Å². The van der Waals surface area contributed by atoms with Crippen LogP contribution in [0.1, 0.15) is 30.4 Å². The summed E-state index contributed by atoms with van der Waals surface area (Å²) >= 11 is 1.81. The highest BCUT2D eigenvalue weighted by atomic mass is 32.2. The zero-order valence-corrected chi connectivity index (χ0v) is 13.8. The summed E-state index contributed by atoms with van der Waals surface area (Å²) in [4.78, 5) is 0.308. The molecule has 1 aromatic carbocycles. The van der Waals surface area contributed by atoms with Gasteiger partial charge in [-0.05, 0) is 62.6 Å². The standard InChI is InChI=1S/C14H22N2O2S2/c1-9-6-13(15)10(2)14(7-9)20(17,18)16-11-4-5-12(8-11)19-3/h6-7,11-12,16H,4-5,8,15H2,1-3H3. The molecule has 0 bridgehead atoms. The minimum Gasteiger partial charge on any atom is -0.398 e. The van der Waals surface area contributed by atoms with Crippen molar-refractivity contribution in [2.24, 2.45) is 0 Å². The molecular formula is C14H22N2O2S2. The van der Waals surface area contributed by atoms with E-state index in [1.807, 2.05) is 18.7 Å². The summed E-state index contributed by atoms with van der Waals surface area (Å²) in [6.45, 7) is 3.61. The molecule has 112 valence electrons. The lowest BCUT2D eigenvalue weighted by atomic mass is 10.1. The van der Waals surface area contributed by atoms with Crippen LogP contribution in [0, 0.1) is 13.8 Å². The van der Waals surface area contributed by atoms with Gasteiger partial charge in [0.05, 0.1) is 4.90 Å². The van der Waals surface area contributed by atoms with Gasteiger partial charge in [-0.2, -0.15) is 11.8 Å². The number of benzene rings is 1. The molecule has 0 spiro atoms. The highest BCUT2D eigenvalue weighted by Gasteiger charge is 2.29. The molecule has 0 aliphatic heterocycles. The number of rotatable bonds is 4. The number of sulfonamides is 1. The van der Waals surface area contributed by atoms with E-state index >= 15 is 0 Å². The summed E-state index contributed by atoms with van der Waals surface area (Å²) in [7, 11) is -3.49. The van der Waals surface area contributed by atoms with E-state index in [1.165, 1.54) is 0 Å². The second kappa shape index (κ2) is 5.95. The van der Waals surface area contributed by atoms with Crippen molar-refractivity contribution in [3.05, 3.63) is 23.3 Å². The van der Waals surface area contributed by atoms with Gasteiger partial charge < -0.3 is 5.73 Å². The summed E-state index contributed by atoms with van der Waals surface area (Å²) < 4.78 is 27.9. The van der Waals surface area contributed by atoms with Crippen molar-refractivity contribution in [3.63, 3.8) is 0 Å². The third-order valence-corrected chi connectivity index (χ3v) is 6.62. The van der Waals surface area contributed by atoms with Crippen LogP contribution in [-0.2, 0) is 10.0 Å². The molecule has 1 aliphatic rings. The SMILES string of the molecule is CSC1CCC(NS(=O)(=O)c2cc(C)cc(N)c2C)C1. The molecule has 6 heteroatoms. The smallest absolute Gasteiger partial charge is 0.241 e. The minimum atomic E-state index is -3.49. The summed E-state index contributed by atoms with van der Waals surface area (Å²) in [6, 6.07) is 3.53. The van der Waals surface area contributed by atoms with Crippen LogP contribution >= 0.6 is 11.8 Å². The Hall–Kier alpha value is -0.720. The average Bonchev–Trinajstić information content (AvgIpc) is 2.80. The Labute approximate surface area is 125 Å². The first-order valence-electron chi connectivity index (χ1n) is 6.75. The number of nitrogens with two attached hydrogens (primary N) is 1. The Morgan fingerprint density at radius 2 is 2.00 bits per heavy atom. The molecule has 4 nitrogen and oxygen atoms in total. The van der Waals surface area contributed by atoms with Gasteiger partial charge in [-0.15, -0.1) is 0 Å². The van der Waals surface area contributed by atoms with Crippen LogP contribution in [0.25, 0.3) is 0 Å². The molecule has 0 aromatic heterocycles. The van der Waals surface area contributed by atoms with Crippen molar-refractivity contribution >= 4 is 27.5 Å². The van der Waals surface area contributed by atoms with Crippen molar-refractivity contribution in [3.8, 4) is 0 Å². The van der Waals surface area contributed by atoms with E-state index < -0.39 is 10.0 Å². The van der Waals surface area contributed by atoms with Crippen LogP contribution in [0.2, 0.25) is 0 Å². The molecule has 1 fully saturated rings. The molecular weight excluding hydrogens is 292 g/mol. The second-order valence-corrected chi connectivity index (χ2v) is 8.29. The highest BCUT2D eigenvalue weighted by molar-refractivity contribution is 7.99. The molecule has 2 rings (SSSR count). The zero-order valence-electron chi connectivity index (χ0n) is 12.1. The van der Waals surface area contributed by atoms with E-state index in [0.29, 0.717) is 21.4 Å². The number of anilines is 1. The van der Waals surface area contributed by atoms with Crippen LogP contribution in [0.15, 0.2) is 17.0 Å². The molecule has 0 amide bonds. The predicted molar refractivity (Wildman–Crippen MR) is 85.6 cm³/mol.